The number of carbonyl (C=O) groups is 1. The van der Waals surface area contributed by atoms with Gasteiger partial charge in [-0.25, -0.2) is 9.98 Å². The van der Waals surface area contributed by atoms with Crippen LogP contribution in [0.4, 0.5) is 5.69 Å². The van der Waals surface area contributed by atoms with Gasteiger partial charge in [0, 0.05) is 49.6 Å². The number of hydrogen-bond donors (Lipinski definition) is 0. The largest absolute Gasteiger partial charge is 0.366 e. The summed E-state index contributed by atoms with van der Waals surface area (Å²) in [4.78, 5) is 25.8. The highest BCUT2D eigenvalue weighted by atomic mass is 32.1. The van der Waals surface area contributed by atoms with Gasteiger partial charge < -0.3 is 9.80 Å². The van der Waals surface area contributed by atoms with Gasteiger partial charge in [-0.15, -0.1) is 11.3 Å². The van der Waals surface area contributed by atoms with Gasteiger partial charge in [0.25, 0.3) is 5.91 Å². The van der Waals surface area contributed by atoms with Crippen molar-refractivity contribution in [2.75, 3.05) is 26.7 Å². The standard InChI is InChI=1S/C26H30N4OS/c1-5-29(4)17-27-23-14-18(2)22(13-19(23)3)15-25-28-24(16-32-25)20-7-9-21(10-8-20)26(31)30-11-6-12-30/h7-10,13-14,16-17H,5-6,11-12,15H2,1-4H3/b27-17-. The Bertz CT molecular complexity index is 1130. The van der Waals surface area contributed by atoms with Crippen LogP contribution in [0.1, 0.15) is 45.4 Å². The third-order valence-corrected chi connectivity index (χ3v) is 6.86. The summed E-state index contributed by atoms with van der Waals surface area (Å²) in [5, 5.41) is 3.19. The fourth-order valence-corrected chi connectivity index (χ4v) is 4.43. The van der Waals surface area contributed by atoms with Crippen molar-refractivity contribution in [1.29, 1.82) is 0 Å². The molecule has 0 spiro atoms. The Labute approximate surface area is 194 Å². The van der Waals surface area contributed by atoms with Crippen LogP contribution in [0.3, 0.4) is 0 Å². The summed E-state index contributed by atoms with van der Waals surface area (Å²) >= 11 is 1.68. The Morgan fingerprint density at radius 2 is 1.94 bits per heavy atom. The molecule has 3 aromatic rings. The van der Waals surface area contributed by atoms with E-state index < -0.39 is 0 Å². The molecule has 0 aliphatic carbocycles. The summed E-state index contributed by atoms with van der Waals surface area (Å²) in [6.45, 7) is 9.04. The third-order valence-electron chi connectivity index (χ3n) is 6.01. The van der Waals surface area contributed by atoms with Gasteiger partial charge in [-0.3, -0.25) is 4.79 Å². The highest BCUT2D eigenvalue weighted by Gasteiger charge is 2.21. The van der Waals surface area contributed by atoms with Crippen molar-refractivity contribution in [3.05, 3.63) is 69.0 Å². The summed E-state index contributed by atoms with van der Waals surface area (Å²) in [7, 11) is 2.03. The van der Waals surface area contributed by atoms with E-state index in [1.165, 1.54) is 16.7 Å². The van der Waals surface area contributed by atoms with Crippen molar-refractivity contribution in [1.82, 2.24) is 14.8 Å². The lowest BCUT2D eigenvalue weighted by molar-refractivity contribution is 0.0652. The monoisotopic (exact) mass is 446 g/mol. The maximum atomic E-state index is 12.4. The molecule has 6 heteroatoms. The second-order valence-electron chi connectivity index (χ2n) is 8.41. The molecule has 5 nitrogen and oxygen atoms in total. The molecule has 1 saturated heterocycles. The van der Waals surface area contributed by atoms with Gasteiger partial charge in [-0.2, -0.15) is 0 Å². The van der Waals surface area contributed by atoms with Gasteiger partial charge in [-0.1, -0.05) is 18.2 Å². The van der Waals surface area contributed by atoms with Crippen molar-refractivity contribution < 1.29 is 4.79 Å². The zero-order valence-corrected chi connectivity index (χ0v) is 20.1. The number of likely N-dealkylation sites (tertiary alicyclic amines) is 1. The van der Waals surface area contributed by atoms with Gasteiger partial charge in [0.05, 0.1) is 22.7 Å². The summed E-state index contributed by atoms with van der Waals surface area (Å²) < 4.78 is 0. The highest BCUT2D eigenvalue weighted by molar-refractivity contribution is 7.10. The van der Waals surface area contributed by atoms with Crippen molar-refractivity contribution in [3.63, 3.8) is 0 Å². The van der Waals surface area contributed by atoms with Crippen molar-refractivity contribution in [2.45, 2.75) is 33.6 Å². The minimum atomic E-state index is 0.127. The Hall–Kier alpha value is -2.99. The fraction of sp³-hybridized carbons (Fsp3) is 0.346. The summed E-state index contributed by atoms with van der Waals surface area (Å²) in [6.07, 6.45) is 3.80. The maximum absolute atomic E-state index is 12.4. The van der Waals surface area contributed by atoms with E-state index in [1.54, 1.807) is 11.3 Å². The van der Waals surface area contributed by atoms with Crippen molar-refractivity contribution in [3.8, 4) is 11.3 Å². The molecule has 4 rings (SSSR count). The Morgan fingerprint density at radius 3 is 2.59 bits per heavy atom. The number of rotatable bonds is 7. The van der Waals surface area contributed by atoms with Crippen LogP contribution < -0.4 is 0 Å². The second kappa shape index (κ2) is 9.65. The number of thiazole rings is 1. The van der Waals surface area contributed by atoms with E-state index >= 15 is 0 Å². The number of aryl methyl sites for hydroxylation is 2. The lowest BCUT2D eigenvalue weighted by Crippen LogP contribution is -2.41. The molecule has 1 aromatic heterocycles. The average Bonchev–Trinajstić information content (AvgIpc) is 3.22. The summed E-state index contributed by atoms with van der Waals surface area (Å²) in [5.74, 6) is 0.127. The fourth-order valence-electron chi connectivity index (χ4n) is 3.61. The van der Waals surface area contributed by atoms with Gasteiger partial charge in [0.1, 0.15) is 0 Å². The number of hydrogen-bond acceptors (Lipinski definition) is 4. The first-order chi connectivity index (χ1) is 15.4. The van der Waals surface area contributed by atoms with Crippen LogP contribution >= 0.6 is 11.3 Å². The average molecular weight is 447 g/mol. The zero-order valence-electron chi connectivity index (χ0n) is 19.3. The number of aromatic nitrogens is 1. The topological polar surface area (TPSA) is 48.8 Å². The molecule has 1 aliphatic rings. The molecule has 0 saturated carbocycles. The van der Waals surface area contributed by atoms with Crippen molar-refractivity contribution in [2.24, 2.45) is 4.99 Å². The predicted octanol–water partition coefficient (Wildman–Crippen LogP) is 5.48. The van der Waals surface area contributed by atoms with Crippen LogP contribution in [0.15, 0.2) is 46.8 Å². The molecule has 0 atom stereocenters. The first-order valence-corrected chi connectivity index (χ1v) is 12.0. The quantitative estimate of drug-likeness (QED) is 0.357. The van der Waals surface area contributed by atoms with E-state index in [-0.39, 0.29) is 5.91 Å². The Balaban J connectivity index is 1.46. The van der Waals surface area contributed by atoms with Crippen LogP contribution in [-0.2, 0) is 6.42 Å². The number of carbonyl (C=O) groups excluding carboxylic acids is 1. The van der Waals surface area contributed by atoms with Crippen molar-refractivity contribution >= 4 is 29.3 Å². The van der Waals surface area contributed by atoms with E-state index in [0.29, 0.717) is 0 Å². The van der Waals surface area contributed by atoms with E-state index in [1.807, 2.05) is 42.6 Å². The van der Waals surface area contributed by atoms with Crippen LogP contribution in [0.25, 0.3) is 11.3 Å². The minimum Gasteiger partial charge on any atom is -0.366 e. The van der Waals surface area contributed by atoms with Gasteiger partial charge in [-0.05, 0) is 62.1 Å². The van der Waals surface area contributed by atoms with Gasteiger partial charge in [0.2, 0.25) is 0 Å². The number of amides is 1. The molecule has 0 bridgehead atoms. The van der Waals surface area contributed by atoms with E-state index in [4.69, 9.17) is 4.98 Å². The number of aliphatic imine (C=N–C) groups is 1. The molecule has 0 N–H and O–H groups in total. The molecule has 1 aliphatic heterocycles. The van der Waals surface area contributed by atoms with E-state index in [0.717, 1.165) is 60.0 Å². The van der Waals surface area contributed by atoms with Crippen LogP contribution in [0, 0.1) is 13.8 Å². The summed E-state index contributed by atoms with van der Waals surface area (Å²) in [6, 6.07) is 12.2. The molecule has 2 aromatic carbocycles. The molecule has 1 fully saturated rings. The number of nitrogens with zero attached hydrogens (tertiary/aromatic N) is 4. The number of benzene rings is 2. The Kier molecular flexibility index (Phi) is 6.70. The minimum absolute atomic E-state index is 0.127. The first kappa shape index (κ1) is 22.2. The lowest BCUT2D eigenvalue weighted by atomic mass is 10.0. The van der Waals surface area contributed by atoms with E-state index in [9.17, 15) is 4.79 Å². The Morgan fingerprint density at radius 1 is 1.19 bits per heavy atom. The molecule has 32 heavy (non-hydrogen) atoms. The van der Waals surface area contributed by atoms with Crippen LogP contribution in [0.5, 0.6) is 0 Å². The molecule has 0 unspecified atom stereocenters. The van der Waals surface area contributed by atoms with E-state index in [2.05, 4.69) is 48.2 Å². The molecule has 0 radical (unpaired) electrons. The van der Waals surface area contributed by atoms with Crippen LogP contribution in [-0.4, -0.2) is 53.7 Å². The molecular weight excluding hydrogens is 416 g/mol. The predicted molar refractivity (Wildman–Crippen MR) is 133 cm³/mol. The molecular formula is C26H30N4OS. The highest BCUT2D eigenvalue weighted by Crippen LogP contribution is 2.28. The molecule has 1 amide bonds. The SMILES string of the molecule is CCN(C)/C=N\c1cc(C)c(Cc2nc(-c3ccc(C(=O)N4CCC4)cc3)cs2)cc1C. The molecule has 166 valence electrons. The zero-order chi connectivity index (χ0) is 22.7. The normalized spacial score (nSPS) is 13.4. The first-order valence-electron chi connectivity index (χ1n) is 11.1. The summed E-state index contributed by atoms with van der Waals surface area (Å²) in [5.41, 5.74) is 7.46. The van der Waals surface area contributed by atoms with Crippen LogP contribution in [0.2, 0.25) is 0 Å². The maximum Gasteiger partial charge on any atom is 0.253 e. The smallest absolute Gasteiger partial charge is 0.253 e. The molecule has 2 heterocycles. The second-order valence-corrected chi connectivity index (χ2v) is 9.35. The third kappa shape index (κ3) is 4.91. The lowest BCUT2D eigenvalue weighted by Gasteiger charge is -2.30. The van der Waals surface area contributed by atoms with Gasteiger partial charge in [0.15, 0.2) is 0 Å². The van der Waals surface area contributed by atoms with Gasteiger partial charge >= 0.3 is 0 Å².